The van der Waals surface area contributed by atoms with Crippen molar-refractivity contribution in [3.05, 3.63) is 0 Å². The average molecular weight is 228 g/mol. The third-order valence-corrected chi connectivity index (χ3v) is 3.10. The van der Waals surface area contributed by atoms with Crippen LogP contribution in [0.5, 0.6) is 0 Å². The molecule has 1 unspecified atom stereocenters. The van der Waals surface area contributed by atoms with Gasteiger partial charge in [0, 0.05) is 19.7 Å². The number of ether oxygens (including phenoxy) is 1. The summed E-state index contributed by atoms with van der Waals surface area (Å²) >= 11 is 0. The maximum atomic E-state index is 11.6. The highest BCUT2D eigenvalue weighted by molar-refractivity contribution is 5.76. The van der Waals surface area contributed by atoms with Crippen molar-refractivity contribution in [2.45, 2.75) is 51.2 Å². The first-order valence-corrected chi connectivity index (χ1v) is 6.09. The Labute approximate surface area is 98.1 Å². The van der Waals surface area contributed by atoms with Crippen LogP contribution in [0.25, 0.3) is 0 Å². The first-order valence-electron chi connectivity index (χ1n) is 6.09. The number of nitrogens with one attached hydrogen (secondary N) is 2. The standard InChI is InChI=1S/C12H24N2O2/c1-12(2,16-3)8-11(15)14-9-10-6-4-5-7-13-10/h10,13H,4-9H2,1-3H3,(H,14,15). The Morgan fingerprint density at radius 3 is 2.81 bits per heavy atom. The zero-order chi connectivity index (χ0) is 12.0. The van der Waals surface area contributed by atoms with Crippen molar-refractivity contribution in [3.63, 3.8) is 0 Å². The molecule has 0 aliphatic carbocycles. The van der Waals surface area contributed by atoms with Gasteiger partial charge in [-0.25, -0.2) is 0 Å². The van der Waals surface area contributed by atoms with Crippen LogP contribution < -0.4 is 10.6 Å². The highest BCUT2D eigenvalue weighted by atomic mass is 16.5. The van der Waals surface area contributed by atoms with Crippen LogP contribution in [0.2, 0.25) is 0 Å². The summed E-state index contributed by atoms with van der Waals surface area (Å²) in [4.78, 5) is 11.6. The molecule has 1 atom stereocenters. The molecule has 0 aromatic rings. The predicted octanol–water partition coefficient (Wildman–Crippen LogP) is 1.06. The predicted molar refractivity (Wildman–Crippen MR) is 64.4 cm³/mol. The summed E-state index contributed by atoms with van der Waals surface area (Å²) in [6.07, 6.45) is 4.09. The second kappa shape index (κ2) is 6.21. The van der Waals surface area contributed by atoms with Crippen molar-refractivity contribution in [1.29, 1.82) is 0 Å². The fourth-order valence-corrected chi connectivity index (χ4v) is 1.86. The van der Waals surface area contributed by atoms with Crippen LogP contribution in [0, 0.1) is 0 Å². The molecule has 1 aliphatic rings. The SMILES string of the molecule is COC(C)(C)CC(=O)NCC1CCCCN1. The number of hydrogen-bond donors (Lipinski definition) is 2. The number of carbonyl (C=O) groups is 1. The van der Waals surface area contributed by atoms with E-state index in [2.05, 4.69) is 10.6 Å². The molecular formula is C12H24N2O2. The van der Waals surface area contributed by atoms with Crippen LogP contribution in [-0.2, 0) is 9.53 Å². The maximum absolute atomic E-state index is 11.6. The largest absolute Gasteiger partial charge is 0.378 e. The van der Waals surface area contributed by atoms with Gasteiger partial charge in [0.1, 0.15) is 0 Å². The fourth-order valence-electron chi connectivity index (χ4n) is 1.86. The minimum absolute atomic E-state index is 0.0687. The Morgan fingerprint density at radius 1 is 1.50 bits per heavy atom. The van der Waals surface area contributed by atoms with E-state index < -0.39 is 0 Å². The Bertz CT molecular complexity index is 223. The molecule has 4 nitrogen and oxygen atoms in total. The lowest BCUT2D eigenvalue weighted by atomic mass is 10.0. The summed E-state index contributed by atoms with van der Waals surface area (Å²) in [6.45, 7) is 5.65. The van der Waals surface area contributed by atoms with Gasteiger partial charge < -0.3 is 15.4 Å². The minimum atomic E-state index is -0.371. The zero-order valence-corrected chi connectivity index (χ0v) is 10.6. The summed E-state index contributed by atoms with van der Waals surface area (Å²) in [5, 5.41) is 6.37. The quantitative estimate of drug-likeness (QED) is 0.740. The third kappa shape index (κ3) is 4.94. The van der Waals surface area contributed by atoms with Gasteiger partial charge in [-0.15, -0.1) is 0 Å². The molecule has 4 heteroatoms. The molecule has 0 radical (unpaired) electrons. The third-order valence-electron chi connectivity index (χ3n) is 3.10. The molecule has 1 amide bonds. The van der Waals surface area contributed by atoms with Crippen LogP contribution >= 0.6 is 0 Å². The molecule has 1 saturated heterocycles. The number of piperidine rings is 1. The number of rotatable bonds is 5. The Hall–Kier alpha value is -0.610. The van der Waals surface area contributed by atoms with E-state index in [1.54, 1.807) is 7.11 Å². The summed E-state index contributed by atoms with van der Waals surface area (Å²) in [7, 11) is 1.63. The van der Waals surface area contributed by atoms with Crippen LogP contribution in [0.3, 0.4) is 0 Å². The highest BCUT2D eigenvalue weighted by Gasteiger charge is 2.21. The molecule has 1 fully saturated rings. The summed E-state index contributed by atoms with van der Waals surface area (Å²) in [5.41, 5.74) is -0.371. The summed E-state index contributed by atoms with van der Waals surface area (Å²) in [6, 6.07) is 0.448. The van der Waals surface area contributed by atoms with E-state index in [4.69, 9.17) is 4.74 Å². The maximum Gasteiger partial charge on any atom is 0.222 e. The average Bonchev–Trinajstić information content (AvgIpc) is 2.27. The molecule has 0 aromatic carbocycles. The number of carbonyl (C=O) groups excluding carboxylic acids is 1. The number of methoxy groups -OCH3 is 1. The van der Waals surface area contributed by atoms with Gasteiger partial charge >= 0.3 is 0 Å². The molecule has 94 valence electrons. The Kier molecular flexibility index (Phi) is 5.22. The van der Waals surface area contributed by atoms with E-state index in [0.29, 0.717) is 12.5 Å². The first kappa shape index (κ1) is 13.5. The van der Waals surface area contributed by atoms with Crippen molar-refractivity contribution in [2.75, 3.05) is 20.2 Å². The topological polar surface area (TPSA) is 50.4 Å². The lowest BCUT2D eigenvalue weighted by molar-refractivity contribution is -0.126. The molecule has 0 aromatic heterocycles. The van der Waals surface area contributed by atoms with E-state index in [1.165, 1.54) is 12.8 Å². The number of amides is 1. The molecule has 0 spiro atoms. The second-order valence-electron chi connectivity index (χ2n) is 5.09. The smallest absolute Gasteiger partial charge is 0.222 e. The Morgan fingerprint density at radius 2 is 2.25 bits per heavy atom. The summed E-state index contributed by atoms with van der Waals surface area (Å²) in [5.74, 6) is 0.0687. The zero-order valence-electron chi connectivity index (χ0n) is 10.6. The van der Waals surface area contributed by atoms with Gasteiger partial charge in [0.2, 0.25) is 5.91 Å². The van der Waals surface area contributed by atoms with E-state index >= 15 is 0 Å². The lowest BCUT2D eigenvalue weighted by Crippen LogP contribution is -2.44. The van der Waals surface area contributed by atoms with Crippen LogP contribution in [0.15, 0.2) is 0 Å². The Balaban J connectivity index is 2.19. The normalized spacial score (nSPS) is 21.8. The van der Waals surface area contributed by atoms with E-state index in [-0.39, 0.29) is 11.5 Å². The molecule has 16 heavy (non-hydrogen) atoms. The molecule has 2 N–H and O–H groups in total. The molecule has 0 bridgehead atoms. The van der Waals surface area contributed by atoms with Gasteiger partial charge in [-0.05, 0) is 33.2 Å². The van der Waals surface area contributed by atoms with Crippen molar-refractivity contribution in [3.8, 4) is 0 Å². The van der Waals surface area contributed by atoms with Gasteiger partial charge in [-0.3, -0.25) is 4.79 Å². The molecule has 1 aliphatic heterocycles. The monoisotopic (exact) mass is 228 g/mol. The van der Waals surface area contributed by atoms with E-state index in [1.807, 2.05) is 13.8 Å². The highest BCUT2D eigenvalue weighted by Crippen LogP contribution is 2.12. The first-order chi connectivity index (χ1) is 7.53. The van der Waals surface area contributed by atoms with Crippen molar-refractivity contribution in [1.82, 2.24) is 10.6 Å². The molecule has 0 saturated carbocycles. The van der Waals surface area contributed by atoms with E-state index in [9.17, 15) is 4.79 Å². The summed E-state index contributed by atoms with van der Waals surface area (Å²) < 4.78 is 5.22. The van der Waals surface area contributed by atoms with Crippen LogP contribution in [0.1, 0.15) is 39.5 Å². The molecular weight excluding hydrogens is 204 g/mol. The fraction of sp³-hybridized carbons (Fsp3) is 0.917. The van der Waals surface area contributed by atoms with Crippen molar-refractivity contribution >= 4 is 5.91 Å². The molecule has 1 rings (SSSR count). The van der Waals surface area contributed by atoms with Crippen molar-refractivity contribution in [2.24, 2.45) is 0 Å². The van der Waals surface area contributed by atoms with Gasteiger partial charge in [-0.2, -0.15) is 0 Å². The number of hydrogen-bond acceptors (Lipinski definition) is 3. The van der Waals surface area contributed by atoms with Gasteiger partial charge in [0.15, 0.2) is 0 Å². The van der Waals surface area contributed by atoms with Gasteiger partial charge in [-0.1, -0.05) is 6.42 Å². The van der Waals surface area contributed by atoms with Gasteiger partial charge in [0.05, 0.1) is 12.0 Å². The lowest BCUT2D eigenvalue weighted by Gasteiger charge is -2.25. The van der Waals surface area contributed by atoms with Crippen molar-refractivity contribution < 1.29 is 9.53 Å². The van der Waals surface area contributed by atoms with Crippen LogP contribution in [-0.4, -0.2) is 37.7 Å². The van der Waals surface area contributed by atoms with Crippen LogP contribution in [0.4, 0.5) is 0 Å². The minimum Gasteiger partial charge on any atom is -0.378 e. The second-order valence-corrected chi connectivity index (χ2v) is 5.09. The molecule has 1 heterocycles. The van der Waals surface area contributed by atoms with Gasteiger partial charge in [0.25, 0.3) is 0 Å². The van der Waals surface area contributed by atoms with E-state index in [0.717, 1.165) is 19.5 Å².